The summed E-state index contributed by atoms with van der Waals surface area (Å²) in [6, 6.07) is 7.02. The maximum Gasteiger partial charge on any atom is 0.0349 e. The molecule has 0 aliphatic heterocycles. The Bertz CT molecular complexity index is 602. The predicted octanol–water partition coefficient (Wildman–Crippen LogP) is 5.51. The van der Waals surface area contributed by atoms with Crippen LogP contribution in [-0.2, 0) is 18.4 Å². The van der Waals surface area contributed by atoms with Gasteiger partial charge in [-0.25, -0.2) is 0 Å². The van der Waals surface area contributed by atoms with Gasteiger partial charge in [0.1, 0.15) is 0 Å². The van der Waals surface area contributed by atoms with Crippen LogP contribution in [0.15, 0.2) is 18.2 Å². The fourth-order valence-corrected chi connectivity index (χ4v) is 3.92. The summed E-state index contributed by atoms with van der Waals surface area (Å²) >= 11 is 1.96. The highest BCUT2D eigenvalue weighted by Gasteiger charge is 2.17. The summed E-state index contributed by atoms with van der Waals surface area (Å²) in [5.74, 6) is 0.706. The second-order valence-corrected chi connectivity index (χ2v) is 8.48. The number of nitrogens with one attached hydrogen (secondary N) is 1. The van der Waals surface area contributed by atoms with E-state index < -0.39 is 0 Å². The van der Waals surface area contributed by atoms with Gasteiger partial charge in [-0.2, -0.15) is 0 Å². The molecular formula is C19H29NS. The molecule has 1 aromatic heterocycles. The SMILES string of the molecule is CCc1c(CNCC(C)C)sc2ccc(C(C)(C)C)cc12. The van der Waals surface area contributed by atoms with Gasteiger partial charge in [0, 0.05) is 16.1 Å². The molecule has 1 N–H and O–H groups in total. The van der Waals surface area contributed by atoms with Crippen molar-refractivity contribution in [3.05, 3.63) is 34.2 Å². The largest absolute Gasteiger partial charge is 0.312 e. The Labute approximate surface area is 133 Å². The zero-order valence-corrected chi connectivity index (χ0v) is 15.2. The van der Waals surface area contributed by atoms with Gasteiger partial charge in [-0.05, 0) is 52.9 Å². The summed E-state index contributed by atoms with van der Waals surface area (Å²) in [5, 5.41) is 5.06. The molecule has 2 rings (SSSR count). The lowest BCUT2D eigenvalue weighted by Crippen LogP contribution is -2.18. The van der Waals surface area contributed by atoms with Crippen LogP contribution >= 0.6 is 11.3 Å². The molecular weight excluding hydrogens is 274 g/mol. The minimum atomic E-state index is 0.219. The van der Waals surface area contributed by atoms with Crippen LogP contribution in [-0.4, -0.2) is 6.54 Å². The van der Waals surface area contributed by atoms with Gasteiger partial charge in [0.2, 0.25) is 0 Å². The van der Waals surface area contributed by atoms with Crippen molar-refractivity contribution < 1.29 is 0 Å². The summed E-state index contributed by atoms with van der Waals surface area (Å²) in [5.41, 5.74) is 3.19. The quantitative estimate of drug-likeness (QED) is 0.768. The van der Waals surface area contributed by atoms with Crippen molar-refractivity contribution in [1.82, 2.24) is 5.32 Å². The van der Waals surface area contributed by atoms with Crippen molar-refractivity contribution in [1.29, 1.82) is 0 Å². The molecule has 0 aliphatic carbocycles. The Morgan fingerprint density at radius 2 is 1.90 bits per heavy atom. The van der Waals surface area contributed by atoms with Gasteiger partial charge >= 0.3 is 0 Å². The summed E-state index contributed by atoms with van der Waals surface area (Å²) in [6.45, 7) is 15.8. The lowest BCUT2D eigenvalue weighted by atomic mass is 9.86. The monoisotopic (exact) mass is 303 g/mol. The fourth-order valence-electron chi connectivity index (χ4n) is 2.67. The molecule has 2 aromatic rings. The molecule has 0 bridgehead atoms. The van der Waals surface area contributed by atoms with Crippen LogP contribution in [0.1, 0.15) is 57.5 Å². The Balaban J connectivity index is 2.35. The van der Waals surface area contributed by atoms with E-state index in [1.165, 1.54) is 26.1 Å². The molecule has 1 aromatic carbocycles. The van der Waals surface area contributed by atoms with Crippen molar-refractivity contribution in [2.75, 3.05) is 6.54 Å². The van der Waals surface area contributed by atoms with E-state index in [1.807, 2.05) is 11.3 Å². The molecule has 1 heterocycles. The summed E-state index contributed by atoms with van der Waals surface area (Å²) < 4.78 is 1.43. The third-order valence-electron chi connectivity index (χ3n) is 3.93. The minimum absolute atomic E-state index is 0.219. The Morgan fingerprint density at radius 1 is 1.19 bits per heavy atom. The first-order valence-electron chi connectivity index (χ1n) is 8.08. The van der Waals surface area contributed by atoms with E-state index in [0.29, 0.717) is 5.92 Å². The van der Waals surface area contributed by atoms with Crippen LogP contribution in [0.2, 0.25) is 0 Å². The van der Waals surface area contributed by atoms with Crippen LogP contribution in [0.4, 0.5) is 0 Å². The minimum Gasteiger partial charge on any atom is -0.312 e. The molecule has 0 radical (unpaired) electrons. The molecule has 2 heteroatoms. The van der Waals surface area contributed by atoms with Crippen molar-refractivity contribution in [3.8, 4) is 0 Å². The third kappa shape index (κ3) is 3.87. The van der Waals surface area contributed by atoms with Crippen molar-refractivity contribution in [3.63, 3.8) is 0 Å². The zero-order chi connectivity index (χ0) is 15.6. The van der Waals surface area contributed by atoms with Crippen molar-refractivity contribution in [2.45, 2.75) is 59.9 Å². The van der Waals surface area contributed by atoms with E-state index in [4.69, 9.17) is 0 Å². The number of hydrogen-bond donors (Lipinski definition) is 1. The first-order chi connectivity index (χ1) is 9.82. The topological polar surface area (TPSA) is 12.0 Å². The van der Waals surface area contributed by atoms with Crippen molar-refractivity contribution >= 4 is 21.4 Å². The average molecular weight is 304 g/mol. The first-order valence-corrected chi connectivity index (χ1v) is 8.90. The molecule has 0 amide bonds. The van der Waals surface area contributed by atoms with Gasteiger partial charge in [0.15, 0.2) is 0 Å². The number of thiophene rings is 1. The first kappa shape index (κ1) is 16.5. The lowest BCUT2D eigenvalue weighted by Gasteiger charge is -2.19. The van der Waals surface area contributed by atoms with Crippen LogP contribution in [0.5, 0.6) is 0 Å². The Hall–Kier alpha value is -0.860. The van der Waals surface area contributed by atoms with E-state index in [2.05, 4.69) is 65.1 Å². The molecule has 0 unspecified atom stereocenters. The Morgan fingerprint density at radius 3 is 2.48 bits per heavy atom. The number of hydrogen-bond acceptors (Lipinski definition) is 2. The molecule has 0 saturated heterocycles. The van der Waals surface area contributed by atoms with E-state index in [9.17, 15) is 0 Å². The fraction of sp³-hybridized carbons (Fsp3) is 0.579. The molecule has 0 fully saturated rings. The normalized spacial score (nSPS) is 12.5. The third-order valence-corrected chi connectivity index (χ3v) is 5.15. The van der Waals surface area contributed by atoms with Gasteiger partial charge in [-0.15, -0.1) is 11.3 Å². The maximum absolute atomic E-state index is 3.59. The average Bonchev–Trinajstić information content (AvgIpc) is 2.73. The van der Waals surface area contributed by atoms with Gasteiger partial charge in [-0.1, -0.05) is 47.6 Å². The number of benzene rings is 1. The molecule has 0 atom stereocenters. The summed E-state index contributed by atoms with van der Waals surface area (Å²) in [6.07, 6.45) is 1.12. The van der Waals surface area contributed by atoms with Crippen LogP contribution < -0.4 is 5.32 Å². The smallest absolute Gasteiger partial charge is 0.0349 e. The van der Waals surface area contributed by atoms with Gasteiger partial charge < -0.3 is 5.32 Å². The van der Waals surface area contributed by atoms with Crippen LogP contribution in [0.25, 0.3) is 10.1 Å². The lowest BCUT2D eigenvalue weighted by molar-refractivity contribution is 0.554. The van der Waals surface area contributed by atoms with Gasteiger partial charge in [-0.3, -0.25) is 0 Å². The second kappa shape index (κ2) is 6.50. The highest BCUT2D eigenvalue weighted by molar-refractivity contribution is 7.19. The van der Waals surface area contributed by atoms with E-state index in [-0.39, 0.29) is 5.41 Å². The molecule has 116 valence electrons. The van der Waals surface area contributed by atoms with Crippen LogP contribution in [0.3, 0.4) is 0 Å². The predicted molar refractivity (Wildman–Crippen MR) is 96.4 cm³/mol. The van der Waals surface area contributed by atoms with Crippen molar-refractivity contribution in [2.24, 2.45) is 5.92 Å². The van der Waals surface area contributed by atoms with E-state index in [0.717, 1.165) is 19.5 Å². The highest BCUT2D eigenvalue weighted by atomic mass is 32.1. The highest BCUT2D eigenvalue weighted by Crippen LogP contribution is 2.35. The van der Waals surface area contributed by atoms with Gasteiger partial charge in [0.25, 0.3) is 0 Å². The molecule has 0 spiro atoms. The Kier molecular flexibility index (Phi) is 5.11. The molecule has 21 heavy (non-hydrogen) atoms. The molecule has 0 aliphatic rings. The summed E-state index contributed by atoms with van der Waals surface area (Å²) in [7, 11) is 0. The van der Waals surface area contributed by atoms with Gasteiger partial charge in [0.05, 0.1) is 0 Å². The molecule has 1 nitrogen and oxygen atoms in total. The second-order valence-electron chi connectivity index (χ2n) is 7.34. The number of aryl methyl sites for hydroxylation is 1. The standard InChI is InChI=1S/C19H29NS/c1-7-15-16-10-14(19(4,5)6)8-9-17(16)21-18(15)12-20-11-13(2)3/h8-10,13,20H,7,11-12H2,1-6H3. The maximum atomic E-state index is 3.59. The number of rotatable bonds is 5. The van der Waals surface area contributed by atoms with Crippen LogP contribution in [0, 0.1) is 5.92 Å². The number of fused-ring (bicyclic) bond motifs is 1. The summed E-state index contributed by atoms with van der Waals surface area (Å²) in [4.78, 5) is 1.51. The van der Waals surface area contributed by atoms with E-state index in [1.54, 1.807) is 0 Å². The zero-order valence-electron chi connectivity index (χ0n) is 14.3. The molecule has 0 saturated carbocycles. The van der Waals surface area contributed by atoms with E-state index >= 15 is 0 Å².